The predicted molar refractivity (Wildman–Crippen MR) is 138 cm³/mol. The molecule has 0 aliphatic heterocycles. The van der Waals surface area contributed by atoms with E-state index in [1.807, 2.05) is 49.6 Å². The van der Waals surface area contributed by atoms with Crippen molar-refractivity contribution in [2.75, 3.05) is 6.54 Å². The van der Waals surface area contributed by atoms with Crippen molar-refractivity contribution < 1.29 is 18.3 Å². The van der Waals surface area contributed by atoms with Gasteiger partial charge in [0.05, 0.1) is 23.9 Å². The summed E-state index contributed by atoms with van der Waals surface area (Å²) in [6.07, 6.45) is -5.48. The maximum Gasteiger partial charge on any atom is 0.416 e. The topological polar surface area (TPSA) is 76.3 Å². The van der Waals surface area contributed by atoms with Gasteiger partial charge in [0.15, 0.2) is 0 Å². The van der Waals surface area contributed by atoms with Gasteiger partial charge in [-0.25, -0.2) is 4.79 Å². The molecule has 1 atom stereocenters. The Balaban J connectivity index is 1.54. The van der Waals surface area contributed by atoms with E-state index in [9.17, 15) is 27.9 Å². The monoisotopic (exact) mass is 529 g/mol. The molecule has 0 radical (unpaired) electrons. The number of aryl methyl sites for hydroxylation is 2. The maximum absolute atomic E-state index is 13.5. The molecule has 0 aliphatic rings. The summed E-state index contributed by atoms with van der Waals surface area (Å²) in [5.41, 5.74) is 1.98. The van der Waals surface area contributed by atoms with Gasteiger partial charge in [-0.05, 0) is 54.1 Å². The number of halogens is 3. The van der Waals surface area contributed by atoms with Crippen LogP contribution >= 0.6 is 11.3 Å². The van der Waals surface area contributed by atoms with Crippen LogP contribution < -0.4 is 16.6 Å². The lowest BCUT2D eigenvalue weighted by atomic mass is 10.1. The van der Waals surface area contributed by atoms with Crippen molar-refractivity contribution in [2.45, 2.75) is 39.2 Å². The predicted octanol–water partition coefficient (Wildman–Crippen LogP) is 4.51. The molecule has 2 aromatic heterocycles. The number of aliphatic hydroxyl groups excluding tert-OH is 1. The van der Waals surface area contributed by atoms with Gasteiger partial charge in [0.1, 0.15) is 5.00 Å². The van der Waals surface area contributed by atoms with E-state index in [1.54, 1.807) is 0 Å². The first-order valence-electron chi connectivity index (χ1n) is 11.6. The van der Waals surface area contributed by atoms with Gasteiger partial charge in [0, 0.05) is 19.2 Å². The summed E-state index contributed by atoms with van der Waals surface area (Å²) in [5.74, 6) is 0. The fourth-order valence-corrected chi connectivity index (χ4v) is 4.81. The first-order chi connectivity index (χ1) is 17.5. The second-order valence-corrected chi connectivity index (χ2v) is 9.79. The number of aromatic nitrogens is 2. The molecule has 0 saturated heterocycles. The van der Waals surface area contributed by atoms with E-state index in [4.69, 9.17) is 0 Å². The molecule has 37 heavy (non-hydrogen) atoms. The van der Waals surface area contributed by atoms with Crippen LogP contribution in [0.3, 0.4) is 0 Å². The van der Waals surface area contributed by atoms with Crippen molar-refractivity contribution in [3.05, 3.63) is 109 Å². The van der Waals surface area contributed by atoms with Gasteiger partial charge in [-0.15, -0.1) is 11.3 Å². The number of hydrogen-bond donors (Lipinski definition) is 2. The molecular weight excluding hydrogens is 503 g/mol. The van der Waals surface area contributed by atoms with Crippen LogP contribution in [0.25, 0.3) is 16.3 Å². The summed E-state index contributed by atoms with van der Waals surface area (Å²) in [6.45, 7) is 3.87. The highest BCUT2D eigenvalue weighted by atomic mass is 32.1. The number of thiophene rings is 1. The van der Waals surface area contributed by atoms with E-state index in [1.165, 1.54) is 34.1 Å². The fraction of sp³-hybridized carbons (Fsp3) is 0.259. The molecule has 0 fully saturated rings. The molecule has 0 amide bonds. The van der Waals surface area contributed by atoms with Gasteiger partial charge >= 0.3 is 11.9 Å². The van der Waals surface area contributed by atoms with Crippen molar-refractivity contribution in [3.63, 3.8) is 0 Å². The molecule has 0 bridgehead atoms. The first-order valence-corrected chi connectivity index (χ1v) is 12.5. The van der Waals surface area contributed by atoms with Gasteiger partial charge in [-0.3, -0.25) is 13.9 Å². The molecular formula is C27H26F3N3O3S. The average Bonchev–Trinajstić information content (AvgIpc) is 3.27. The SMILES string of the molecule is Cc1ccc(-c2cc(=O)n(CC(O)CNCc3ccc(C(F)(F)F)cc3)c(=O)n2-c2cc(C)cs2)cc1. The Morgan fingerprint density at radius 2 is 1.65 bits per heavy atom. The van der Waals surface area contributed by atoms with Crippen molar-refractivity contribution >= 4 is 11.3 Å². The van der Waals surface area contributed by atoms with Crippen LogP contribution in [0.4, 0.5) is 13.2 Å². The highest BCUT2D eigenvalue weighted by Crippen LogP contribution is 2.29. The molecule has 0 aliphatic carbocycles. The number of nitrogens with zero attached hydrogens (tertiary/aromatic N) is 2. The summed E-state index contributed by atoms with van der Waals surface area (Å²) in [5, 5.41) is 16.1. The molecule has 2 heterocycles. The minimum Gasteiger partial charge on any atom is -0.390 e. The minimum absolute atomic E-state index is 0.0325. The number of hydrogen-bond acceptors (Lipinski definition) is 5. The molecule has 4 aromatic rings. The quantitative estimate of drug-likeness (QED) is 0.352. The molecule has 6 nitrogen and oxygen atoms in total. The molecule has 2 N–H and O–H groups in total. The van der Waals surface area contributed by atoms with Crippen LogP contribution in [0.2, 0.25) is 0 Å². The number of nitrogens with one attached hydrogen (secondary N) is 1. The first kappa shape index (κ1) is 26.6. The summed E-state index contributed by atoms with van der Waals surface area (Å²) < 4.78 is 40.6. The fourth-order valence-electron chi connectivity index (χ4n) is 3.90. The van der Waals surface area contributed by atoms with Crippen LogP contribution in [0.5, 0.6) is 0 Å². The Labute approximate surface area is 215 Å². The second kappa shape index (κ2) is 10.9. The number of alkyl halides is 3. The number of aliphatic hydroxyl groups is 1. The van der Waals surface area contributed by atoms with Crippen molar-refractivity contribution in [1.29, 1.82) is 0 Å². The summed E-state index contributed by atoms with van der Waals surface area (Å²) in [4.78, 5) is 26.5. The lowest BCUT2D eigenvalue weighted by Crippen LogP contribution is -2.43. The minimum atomic E-state index is -4.40. The maximum atomic E-state index is 13.5. The lowest BCUT2D eigenvalue weighted by molar-refractivity contribution is -0.137. The Morgan fingerprint density at radius 3 is 2.24 bits per heavy atom. The van der Waals surface area contributed by atoms with Crippen LogP contribution in [0.1, 0.15) is 22.3 Å². The van der Waals surface area contributed by atoms with Gasteiger partial charge < -0.3 is 10.4 Å². The molecule has 0 spiro atoms. The van der Waals surface area contributed by atoms with Crippen LogP contribution in [-0.4, -0.2) is 26.9 Å². The summed E-state index contributed by atoms with van der Waals surface area (Å²) >= 11 is 1.38. The third kappa shape index (κ3) is 6.27. The van der Waals surface area contributed by atoms with Gasteiger partial charge in [-0.1, -0.05) is 42.0 Å². The van der Waals surface area contributed by atoms with Gasteiger partial charge in [0.2, 0.25) is 0 Å². The highest BCUT2D eigenvalue weighted by molar-refractivity contribution is 7.12. The van der Waals surface area contributed by atoms with E-state index in [0.717, 1.165) is 33.4 Å². The standard InChI is InChI=1S/C27H26F3N3O3S/c1-17-3-7-20(8-4-17)23-12-24(35)32(26(36)33(23)25-11-18(2)16-37-25)15-22(34)14-31-13-19-5-9-21(10-6-19)27(28,29)30/h3-12,16,22,31,34H,13-15H2,1-2H3. The van der Waals surface area contributed by atoms with Gasteiger partial charge in [0.25, 0.3) is 5.56 Å². The zero-order chi connectivity index (χ0) is 26.7. The van der Waals surface area contributed by atoms with Crippen LogP contribution in [-0.2, 0) is 19.3 Å². The third-order valence-corrected chi connectivity index (χ3v) is 6.89. The molecule has 0 saturated carbocycles. The Kier molecular flexibility index (Phi) is 7.82. The Hall–Kier alpha value is -3.47. The number of rotatable bonds is 8. The highest BCUT2D eigenvalue weighted by Gasteiger charge is 2.29. The summed E-state index contributed by atoms with van der Waals surface area (Å²) in [6, 6.07) is 15.5. The smallest absolute Gasteiger partial charge is 0.390 e. The summed E-state index contributed by atoms with van der Waals surface area (Å²) in [7, 11) is 0. The van der Waals surface area contributed by atoms with Crippen molar-refractivity contribution in [2.24, 2.45) is 0 Å². The molecule has 4 rings (SSSR count). The van der Waals surface area contributed by atoms with Crippen molar-refractivity contribution in [1.82, 2.24) is 14.5 Å². The Morgan fingerprint density at radius 1 is 0.973 bits per heavy atom. The zero-order valence-electron chi connectivity index (χ0n) is 20.2. The van der Waals surface area contributed by atoms with Crippen LogP contribution in [0.15, 0.2) is 75.6 Å². The van der Waals surface area contributed by atoms with Gasteiger partial charge in [-0.2, -0.15) is 13.2 Å². The molecule has 2 aromatic carbocycles. The average molecular weight is 530 g/mol. The van der Waals surface area contributed by atoms with Crippen LogP contribution in [0, 0.1) is 13.8 Å². The van der Waals surface area contributed by atoms with E-state index >= 15 is 0 Å². The third-order valence-electron chi connectivity index (χ3n) is 5.86. The van der Waals surface area contributed by atoms with Crippen molar-refractivity contribution in [3.8, 4) is 16.3 Å². The van der Waals surface area contributed by atoms with E-state index < -0.39 is 29.1 Å². The molecule has 10 heteroatoms. The molecule has 194 valence electrons. The van der Waals surface area contributed by atoms with E-state index in [2.05, 4.69) is 5.32 Å². The Bertz CT molecular complexity index is 1490. The molecule has 1 unspecified atom stereocenters. The number of benzene rings is 2. The lowest BCUT2D eigenvalue weighted by Gasteiger charge is -2.17. The second-order valence-electron chi connectivity index (χ2n) is 8.90. The van der Waals surface area contributed by atoms with E-state index in [0.29, 0.717) is 16.3 Å². The van der Waals surface area contributed by atoms with E-state index in [-0.39, 0.29) is 19.6 Å². The zero-order valence-corrected chi connectivity index (χ0v) is 21.1. The normalized spacial score (nSPS) is 12.6. The largest absolute Gasteiger partial charge is 0.416 e.